The van der Waals surface area contributed by atoms with Crippen molar-refractivity contribution in [2.24, 2.45) is 0 Å². The smallest absolute Gasteiger partial charge is 0.301 e. The van der Waals surface area contributed by atoms with Crippen LogP contribution in [-0.4, -0.2) is 34.7 Å². The van der Waals surface area contributed by atoms with Crippen LogP contribution >= 0.6 is 11.3 Å². The third-order valence-electron chi connectivity index (χ3n) is 6.95. The van der Waals surface area contributed by atoms with E-state index in [1.165, 1.54) is 18.9 Å². The Balaban J connectivity index is 1.55. The number of aromatic nitrogens is 1. The van der Waals surface area contributed by atoms with Gasteiger partial charge in [0.2, 0.25) is 0 Å². The van der Waals surface area contributed by atoms with E-state index in [9.17, 15) is 19.5 Å². The van der Waals surface area contributed by atoms with Crippen LogP contribution in [0, 0.1) is 13.8 Å². The Morgan fingerprint density at radius 2 is 1.73 bits per heavy atom. The molecule has 1 fully saturated rings. The van der Waals surface area contributed by atoms with Gasteiger partial charge in [0.05, 0.1) is 29.3 Å². The minimum absolute atomic E-state index is 0.0888. The zero-order chi connectivity index (χ0) is 29.3. The van der Waals surface area contributed by atoms with Crippen molar-refractivity contribution in [3.8, 4) is 11.5 Å². The number of carbonyl (C=O) groups is 3. The zero-order valence-corrected chi connectivity index (χ0v) is 23.8. The number of anilines is 1. The monoisotopic (exact) mass is 568 g/mol. The van der Waals surface area contributed by atoms with Gasteiger partial charge in [0.1, 0.15) is 23.9 Å². The number of ether oxygens (including phenoxy) is 2. The normalized spacial score (nSPS) is 16.2. The van der Waals surface area contributed by atoms with Gasteiger partial charge in [-0.2, -0.15) is 0 Å². The summed E-state index contributed by atoms with van der Waals surface area (Å²) in [6.07, 6.45) is 0. The summed E-state index contributed by atoms with van der Waals surface area (Å²) in [6, 6.07) is 20.5. The molecule has 5 rings (SSSR count). The molecule has 208 valence electrons. The molecule has 0 bridgehead atoms. The van der Waals surface area contributed by atoms with Gasteiger partial charge in [-0.3, -0.25) is 19.3 Å². The molecule has 3 aromatic carbocycles. The number of amides is 1. The summed E-state index contributed by atoms with van der Waals surface area (Å²) in [5.74, 6) is -1.11. The maximum absolute atomic E-state index is 13.5. The van der Waals surface area contributed by atoms with Gasteiger partial charge in [0.15, 0.2) is 10.9 Å². The van der Waals surface area contributed by atoms with Crippen LogP contribution in [0.15, 0.2) is 78.4 Å². The molecule has 1 unspecified atom stereocenters. The molecular formula is C32H28N2O6S. The number of aryl methyl sites for hydroxylation is 2. The largest absolute Gasteiger partial charge is 0.507 e. The summed E-state index contributed by atoms with van der Waals surface area (Å²) in [6.45, 7) is 5.50. The lowest BCUT2D eigenvalue weighted by Crippen LogP contribution is -2.29. The highest BCUT2D eigenvalue weighted by Crippen LogP contribution is 2.44. The first-order chi connectivity index (χ1) is 19.7. The second-order valence-electron chi connectivity index (χ2n) is 9.65. The number of aliphatic hydroxyl groups is 1. The number of thiazole rings is 1. The predicted octanol–water partition coefficient (Wildman–Crippen LogP) is 6.18. The SMILES string of the molecule is COc1cccc(C2C(=C(O)c3ccc(OCc4ccccc4C)cc3)C(=O)C(=O)N2c2nc(C)c(C(C)=O)s2)c1. The lowest BCUT2D eigenvalue weighted by molar-refractivity contribution is -0.132. The summed E-state index contributed by atoms with van der Waals surface area (Å²) in [5, 5.41) is 11.6. The number of rotatable bonds is 8. The van der Waals surface area contributed by atoms with Crippen LogP contribution in [0.2, 0.25) is 0 Å². The number of benzene rings is 3. The molecule has 0 spiro atoms. The zero-order valence-electron chi connectivity index (χ0n) is 23.0. The number of nitrogens with zero attached hydrogens (tertiary/aromatic N) is 2. The lowest BCUT2D eigenvalue weighted by Gasteiger charge is -2.23. The Morgan fingerprint density at radius 1 is 1.00 bits per heavy atom. The van der Waals surface area contributed by atoms with Crippen molar-refractivity contribution >= 4 is 39.7 Å². The van der Waals surface area contributed by atoms with Crippen LogP contribution in [0.3, 0.4) is 0 Å². The molecule has 0 saturated carbocycles. The lowest BCUT2D eigenvalue weighted by atomic mass is 9.95. The number of hydrogen-bond donors (Lipinski definition) is 1. The summed E-state index contributed by atoms with van der Waals surface area (Å²) in [5.41, 5.74) is 3.44. The molecule has 9 heteroatoms. The Hall–Kier alpha value is -4.76. The number of aliphatic hydroxyl groups excluding tert-OH is 1. The molecular weight excluding hydrogens is 540 g/mol. The molecule has 1 saturated heterocycles. The minimum atomic E-state index is -0.993. The molecule has 1 aliphatic rings. The van der Waals surface area contributed by atoms with Crippen molar-refractivity contribution in [3.63, 3.8) is 0 Å². The van der Waals surface area contributed by atoms with Crippen LogP contribution < -0.4 is 14.4 Å². The molecule has 4 aromatic rings. The van der Waals surface area contributed by atoms with E-state index in [1.807, 2.05) is 31.2 Å². The van der Waals surface area contributed by atoms with E-state index >= 15 is 0 Å². The average molecular weight is 569 g/mol. The van der Waals surface area contributed by atoms with Crippen LogP contribution in [-0.2, 0) is 16.2 Å². The number of methoxy groups -OCH3 is 1. The summed E-state index contributed by atoms with van der Waals surface area (Å²) in [4.78, 5) is 45.1. The number of carbonyl (C=O) groups excluding carboxylic acids is 3. The van der Waals surface area contributed by atoms with Gasteiger partial charge in [0.25, 0.3) is 5.78 Å². The second-order valence-corrected chi connectivity index (χ2v) is 10.6. The molecule has 1 aliphatic heterocycles. The van der Waals surface area contributed by atoms with Crippen molar-refractivity contribution in [1.29, 1.82) is 0 Å². The first-order valence-corrected chi connectivity index (χ1v) is 13.7. The first kappa shape index (κ1) is 27.8. The maximum Gasteiger partial charge on any atom is 0.301 e. The molecule has 1 N–H and O–H groups in total. The van der Waals surface area contributed by atoms with Gasteiger partial charge in [0, 0.05) is 12.5 Å². The average Bonchev–Trinajstić information content (AvgIpc) is 3.49. The van der Waals surface area contributed by atoms with Crippen LogP contribution in [0.1, 0.15) is 50.6 Å². The standard InChI is InChI=1S/C32H28N2O6S/c1-18-8-5-6-9-23(18)17-40-24-14-12-21(13-15-24)28(36)26-27(22-10-7-11-25(16-22)39-4)34(31(38)29(26)37)32-33-19(2)30(41-32)20(3)35/h5-16,27,36H,17H2,1-4H3. The fraction of sp³-hybridized carbons (Fsp3) is 0.188. The molecule has 0 radical (unpaired) electrons. The number of Topliss-reactive ketones (excluding diaryl/α,β-unsaturated/α-hetero) is 2. The molecule has 41 heavy (non-hydrogen) atoms. The van der Waals surface area contributed by atoms with Crippen LogP contribution in [0.4, 0.5) is 5.13 Å². The predicted molar refractivity (Wildman–Crippen MR) is 157 cm³/mol. The van der Waals surface area contributed by atoms with E-state index in [2.05, 4.69) is 4.98 Å². The highest BCUT2D eigenvalue weighted by atomic mass is 32.1. The van der Waals surface area contributed by atoms with Crippen molar-refractivity contribution in [2.75, 3.05) is 12.0 Å². The maximum atomic E-state index is 13.5. The van der Waals surface area contributed by atoms with Crippen molar-refractivity contribution in [3.05, 3.63) is 111 Å². The van der Waals surface area contributed by atoms with E-state index in [0.29, 0.717) is 39.8 Å². The quantitative estimate of drug-likeness (QED) is 0.117. The van der Waals surface area contributed by atoms with E-state index in [4.69, 9.17) is 9.47 Å². The van der Waals surface area contributed by atoms with Gasteiger partial charge in [-0.15, -0.1) is 0 Å². The molecule has 1 aromatic heterocycles. The van der Waals surface area contributed by atoms with Crippen LogP contribution in [0.5, 0.6) is 11.5 Å². The van der Waals surface area contributed by atoms with Crippen LogP contribution in [0.25, 0.3) is 5.76 Å². The topological polar surface area (TPSA) is 106 Å². The van der Waals surface area contributed by atoms with Gasteiger partial charge in [-0.1, -0.05) is 47.7 Å². The van der Waals surface area contributed by atoms with Gasteiger partial charge in [-0.05, 0) is 66.9 Å². The molecule has 2 heterocycles. The van der Waals surface area contributed by atoms with Gasteiger partial charge >= 0.3 is 5.91 Å². The van der Waals surface area contributed by atoms with Crippen molar-refractivity contribution in [2.45, 2.75) is 33.4 Å². The Labute approximate surface area is 241 Å². The third-order valence-corrected chi connectivity index (χ3v) is 8.21. The number of ketones is 2. The summed E-state index contributed by atoms with van der Waals surface area (Å²) < 4.78 is 11.3. The molecule has 0 aliphatic carbocycles. The number of hydrogen-bond acceptors (Lipinski definition) is 8. The van der Waals surface area contributed by atoms with E-state index in [0.717, 1.165) is 22.5 Å². The summed E-state index contributed by atoms with van der Waals surface area (Å²) in [7, 11) is 1.52. The Kier molecular flexibility index (Phi) is 7.72. The van der Waals surface area contributed by atoms with E-state index < -0.39 is 17.7 Å². The first-order valence-electron chi connectivity index (χ1n) is 12.9. The molecule has 1 atom stereocenters. The molecule has 8 nitrogen and oxygen atoms in total. The third kappa shape index (κ3) is 5.36. The highest BCUT2D eigenvalue weighted by molar-refractivity contribution is 7.18. The second kappa shape index (κ2) is 11.4. The van der Waals surface area contributed by atoms with Gasteiger partial charge in [-0.25, -0.2) is 4.98 Å². The minimum Gasteiger partial charge on any atom is -0.507 e. The summed E-state index contributed by atoms with van der Waals surface area (Å²) >= 11 is 1.04. The van der Waals surface area contributed by atoms with Crippen molar-refractivity contribution in [1.82, 2.24) is 4.98 Å². The van der Waals surface area contributed by atoms with Gasteiger partial charge < -0.3 is 14.6 Å². The Bertz CT molecular complexity index is 1690. The highest BCUT2D eigenvalue weighted by Gasteiger charge is 2.48. The Morgan fingerprint density at radius 3 is 2.39 bits per heavy atom. The van der Waals surface area contributed by atoms with Crippen molar-refractivity contribution < 1.29 is 29.0 Å². The van der Waals surface area contributed by atoms with E-state index in [1.54, 1.807) is 55.5 Å². The van der Waals surface area contributed by atoms with E-state index in [-0.39, 0.29) is 22.2 Å². The fourth-order valence-electron chi connectivity index (χ4n) is 4.77. The molecule has 1 amide bonds. The fourth-order valence-corrected chi connectivity index (χ4v) is 5.76.